The molecule has 96 valence electrons. The summed E-state index contributed by atoms with van der Waals surface area (Å²) >= 11 is 0. The van der Waals surface area contributed by atoms with Crippen LogP contribution in [0.15, 0.2) is 30.3 Å². The Morgan fingerprint density at radius 3 is 2.56 bits per heavy atom. The number of likely N-dealkylation sites (tertiary alicyclic amines) is 1. The minimum atomic E-state index is -0.445. The molecule has 0 N–H and O–H groups in total. The van der Waals surface area contributed by atoms with Gasteiger partial charge in [0.25, 0.3) is 0 Å². The van der Waals surface area contributed by atoms with Crippen molar-refractivity contribution in [3.05, 3.63) is 35.9 Å². The molecule has 1 aromatic rings. The van der Waals surface area contributed by atoms with Gasteiger partial charge in [-0.15, -0.1) is 0 Å². The lowest BCUT2D eigenvalue weighted by molar-refractivity contribution is -0.136. The van der Waals surface area contributed by atoms with Gasteiger partial charge in [0.1, 0.15) is 5.78 Å². The third-order valence-electron chi connectivity index (χ3n) is 3.61. The molecule has 1 saturated heterocycles. The van der Waals surface area contributed by atoms with Gasteiger partial charge in [-0.2, -0.15) is 0 Å². The maximum atomic E-state index is 12.4. The van der Waals surface area contributed by atoms with Crippen molar-refractivity contribution >= 4 is 11.6 Å². The average Bonchev–Trinajstić information content (AvgIpc) is 2.41. The van der Waals surface area contributed by atoms with Gasteiger partial charge in [-0.25, -0.2) is 0 Å². The van der Waals surface area contributed by atoms with Crippen molar-refractivity contribution in [2.24, 2.45) is 5.92 Å². The normalized spacial score (nSPS) is 25.1. The van der Waals surface area contributed by atoms with E-state index in [9.17, 15) is 9.59 Å². The fraction of sp³-hybridized carbons (Fsp3) is 0.467. The number of carbonyl (C=O) groups is 2. The maximum Gasteiger partial charge on any atom is 0.153 e. The van der Waals surface area contributed by atoms with E-state index < -0.39 is 5.92 Å². The van der Waals surface area contributed by atoms with Crippen LogP contribution in [0, 0.1) is 5.92 Å². The second-order valence-electron chi connectivity index (χ2n) is 4.96. The predicted octanol–water partition coefficient (Wildman–Crippen LogP) is 1.88. The van der Waals surface area contributed by atoms with Crippen molar-refractivity contribution < 1.29 is 9.59 Å². The molecule has 0 aliphatic carbocycles. The summed E-state index contributed by atoms with van der Waals surface area (Å²) in [4.78, 5) is 26.4. The molecule has 18 heavy (non-hydrogen) atoms. The number of ketones is 2. The van der Waals surface area contributed by atoms with E-state index in [2.05, 4.69) is 4.90 Å². The van der Waals surface area contributed by atoms with Gasteiger partial charge in [0.2, 0.25) is 0 Å². The van der Waals surface area contributed by atoms with Gasteiger partial charge in [-0.3, -0.25) is 9.59 Å². The quantitative estimate of drug-likeness (QED) is 0.763. The average molecular weight is 245 g/mol. The number of nitrogens with zero attached hydrogens (tertiary/aromatic N) is 1. The number of hydrogen-bond acceptors (Lipinski definition) is 3. The van der Waals surface area contributed by atoms with E-state index in [1.54, 1.807) is 0 Å². The molecule has 1 heterocycles. The first-order chi connectivity index (χ1) is 8.63. The highest BCUT2D eigenvalue weighted by atomic mass is 16.2. The molecule has 1 aliphatic rings. The van der Waals surface area contributed by atoms with E-state index in [1.807, 2.05) is 44.3 Å². The lowest BCUT2D eigenvalue weighted by Crippen LogP contribution is -2.46. The Morgan fingerprint density at radius 1 is 1.28 bits per heavy atom. The first-order valence-electron chi connectivity index (χ1n) is 6.43. The summed E-state index contributed by atoms with van der Waals surface area (Å²) in [6.45, 7) is 3.09. The molecule has 0 saturated carbocycles. The fourth-order valence-corrected chi connectivity index (χ4v) is 2.58. The number of rotatable bonds is 3. The Balaban J connectivity index is 2.26. The molecule has 0 radical (unpaired) electrons. The number of piperidine rings is 1. The molecule has 0 spiro atoms. The van der Waals surface area contributed by atoms with Crippen molar-refractivity contribution in [2.75, 3.05) is 20.1 Å². The minimum Gasteiger partial charge on any atom is -0.304 e. The molecular weight excluding hydrogens is 226 g/mol. The molecule has 1 fully saturated rings. The van der Waals surface area contributed by atoms with Crippen molar-refractivity contribution in [3.63, 3.8) is 0 Å². The zero-order valence-electron chi connectivity index (χ0n) is 10.9. The second kappa shape index (κ2) is 5.44. The molecule has 3 nitrogen and oxygen atoms in total. The van der Waals surface area contributed by atoms with Crippen LogP contribution in [-0.2, 0) is 9.59 Å². The van der Waals surface area contributed by atoms with Gasteiger partial charge in [0, 0.05) is 19.5 Å². The third kappa shape index (κ3) is 2.51. The number of hydrogen-bond donors (Lipinski definition) is 0. The summed E-state index contributed by atoms with van der Waals surface area (Å²) in [7, 11) is 1.97. The lowest BCUT2D eigenvalue weighted by Gasteiger charge is -2.33. The summed E-state index contributed by atoms with van der Waals surface area (Å²) in [6.07, 6.45) is 0.436. The van der Waals surface area contributed by atoms with Crippen LogP contribution in [0.4, 0.5) is 0 Å². The van der Waals surface area contributed by atoms with E-state index in [0.717, 1.165) is 5.56 Å². The number of likely N-dealkylation sites (N-methyl/N-ethyl adjacent to an activating group) is 1. The summed E-state index contributed by atoms with van der Waals surface area (Å²) < 4.78 is 0. The number of carbonyl (C=O) groups excluding carboxylic acids is 2. The molecule has 2 unspecified atom stereocenters. The molecular formula is C15H19NO2. The van der Waals surface area contributed by atoms with Crippen LogP contribution >= 0.6 is 0 Å². The van der Waals surface area contributed by atoms with Gasteiger partial charge >= 0.3 is 0 Å². The maximum absolute atomic E-state index is 12.4. The van der Waals surface area contributed by atoms with Crippen molar-refractivity contribution in [1.82, 2.24) is 4.90 Å². The highest BCUT2D eigenvalue weighted by Crippen LogP contribution is 2.27. The predicted molar refractivity (Wildman–Crippen MR) is 70.5 cm³/mol. The molecule has 1 aromatic carbocycles. The van der Waals surface area contributed by atoms with Crippen molar-refractivity contribution in [3.8, 4) is 0 Å². The zero-order valence-corrected chi connectivity index (χ0v) is 10.9. The highest BCUT2D eigenvalue weighted by molar-refractivity contribution is 6.05. The molecule has 0 aromatic heterocycles. The monoisotopic (exact) mass is 245 g/mol. The first-order valence-corrected chi connectivity index (χ1v) is 6.43. The van der Waals surface area contributed by atoms with Gasteiger partial charge in [-0.05, 0) is 12.6 Å². The van der Waals surface area contributed by atoms with Crippen LogP contribution in [0.3, 0.4) is 0 Å². The summed E-state index contributed by atoms with van der Waals surface area (Å²) in [5.41, 5.74) is 1.02. The van der Waals surface area contributed by atoms with Crippen LogP contribution in [0.2, 0.25) is 0 Å². The summed E-state index contributed by atoms with van der Waals surface area (Å²) in [5.74, 6) is -0.456. The third-order valence-corrected chi connectivity index (χ3v) is 3.61. The summed E-state index contributed by atoms with van der Waals surface area (Å²) in [6, 6.07) is 9.75. The molecule has 0 bridgehead atoms. The molecule has 0 amide bonds. The Kier molecular flexibility index (Phi) is 3.92. The Labute approximate surface area is 108 Å². The lowest BCUT2D eigenvalue weighted by atomic mass is 9.81. The van der Waals surface area contributed by atoms with E-state index in [4.69, 9.17) is 0 Å². The van der Waals surface area contributed by atoms with E-state index in [0.29, 0.717) is 19.5 Å². The smallest absolute Gasteiger partial charge is 0.153 e. The first kappa shape index (κ1) is 13.0. The summed E-state index contributed by atoms with van der Waals surface area (Å²) in [5, 5.41) is 0. The second-order valence-corrected chi connectivity index (χ2v) is 4.96. The van der Waals surface area contributed by atoms with Crippen molar-refractivity contribution in [2.45, 2.75) is 19.3 Å². The fourth-order valence-electron chi connectivity index (χ4n) is 2.58. The van der Waals surface area contributed by atoms with Crippen LogP contribution in [0.25, 0.3) is 0 Å². The standard InChI is InChI=1S/C15H19NO2/c1-3-14(17)13-10-16(2)9-12(15(13)18)11-7-5-4-6-8-11/h4-8,12-13H,3,9-10H2,1-2H3. The molecule has 2 rings (SSSR count). The Hall–Kier alpha value is -1.48. The van der Waals surface area contributed by atoms with Gasteiger partial charge in [-0.1, -0.05) is 37.3 Å². The Bertz CT molecular complexity index is 441. The molecule has 1 aliphatic heterocycles. The van der Waals surface area contributed by atoms with Crippen LogP contribution < -0.4 is 0 Å². The van der Waals surface area contributed by atoms with Crippen LogP contribution in [-0.4, -0.2) is 36.6 Å². The van der Waals surface area contributed by atoms with E-state index in [1.165, 1.54) is 0 Å². The molecule has 2 atom stereocenters. The number of benzene rings is 1. The SMILES string of the molecule is CCC(=O)C1CN(C)CC(c2ccccc2)C1=O. The van der Waals surface area contributed by atoms with Crippen LogP contribution in [0.1, 0.15) is 24.8 Å². The Morgan fingerprint density at radius 2 is 1.94 bits per heavy atom. The molecule has 3 heteroatoms. The minimum absolute atomic E-state index is 0.0625. The topological polar surface area (TPSA) is 37.4 Å². The van der Waals surface area contributed by atoms with E-state index in [-0.39, 0.29) is 17.5 Å². The van der Waals surface area contributed by atoms with Gasteiger partial charge in [0.15, 0.2) is 5.78 Å². The van der Waals surface area contributed by atoms with Crippen LogP contribution in [0.5, 0.6) is 0 Å². The largest absolute Gasteiger partial charge is 0.304 e. The highest BCUT2D eigenvalue weighted by Gasteiger charge is 2.37. The van der Waals surface area contributed by atoms with Gasteiger partial charge in [0.05, 0.1) is 11.8 Å². The number of Topliss-reactive ketones (excluding diaryl/α,β-unsaturated/α-hetero) is 2. The zero-order chi connectivity index (χ0) is 13.1. The van der Waals surface area contributed by atoms with Crippen molar-refractivity contribution in [1.29, 1.82) is 0 Å². The van der Waals surface area contributed by atoms with Gasteiger partial charge < -0.3 is 4.90 Å². The van der Waals surface area contributed by atoms with E-state index >= 15 is 0 Å².